The summed E-state index contributed by atoms with van der Waals surface area (Å²) < 4.78 is 0. The van der Waals surface area contributed by atoms with Crippen LogP contribution < -0.4 is 10.6 Å². The van der Waals surface area contributed by atoms with Crippen LogP contribution in [0.4, 0.5) is 11.4 Å². The Balaban J connectivity index is 2.14. The zero-order valence-electron chi connectivity index (χ0n) is 15.5. The number of hydrogen-bond donors (Lipinski definition) is 2. The van der Waals surface area contributed by atoms with E-state index >= 15 is 0 Å². The molecule has 0 atom stereocenters. The predicted octanol–water partition coefficient (Wildman–Crippen LogP) is 4.59. The van der Waals surface area contributed by atoms with E-state index in [-0.39, 0.29) is 11.8 Å². The minimum absolute atomic E-state index is 0.0689. The largest absolute Gasteiger partial charge is 0.326 e. The first-order chi connectivity index (χ1) is 11.6. The number of carbonyl (C=O) groups is 2. The van der Waals surface area contributed by atoms with Gasteiger partial charge in [0.25, 0.3) is 0 Å². The maximum absolute atomic E-state index is 12.7. The molecular formula is C21H26N2O2. The van der Waals surface area contributed by atoms with Crippen molar-refractivity contribution in [3.63, 3.8) is 0 Å². The fourth-order valence-corrected chi connectivity index (χ4v) is 2.27. The lowest BCUT2D eigenvalue weighted by Gasteiger charge is -2.24. The molecule has 0 heterocycles. The zero-order valence-corrected chi connectivity index (χ0v) is 15.5. The lowest BCUT2D eigenvalue weighted by atomic mass is 9.83. The molecule has 0 bridgehead atoms. The normalized spacial score (nSPS) is 11.7. The van der Waals surface area contributed by atoms with E-state index in [0.29, 0.717) is 11.4 Å². The summed E-state index contributed by atoms with van der Waals surface area (Å²) in [5, 5.41) is 5.82. The Bertz CT molecular complexity index is 759. The number of amides is 2. The van der Waals surface area contributed by atoms with Gasteiger partial charge in [-0.15, -0.1) is 0 Å². The zero-order chi connectivity index (χ0) is 18.7. The highest BCUT2D eigenvalue weighted by Crippen LogP contribution is 2.26. The molecular weight excluding hydrogens is 312 g/mol. The third-order valence-corrected chi connectivity index (χ3v) is 4.12. The van der Waals surface area contributed by atoms with Gasteiger partial charge in [-0.1, -0.05) is 57.2 Å². The van der Waals surface area contributed by atoms with Crippen LogP contribution in [0.1, 0.15) is 40.2 Å². The number of carbonyl (C=O) groups excluding carboxylic acids is 2. The Morgan fingerprint density at radius 3 is 1.76 bits per heavy atom. The Kier molecular flexibility index (Phi) is 5.31. The van der Waals surface area contributed by atoms with Gasteiger partial charge in [-0.3, -0.25) is 9.59 Å². The summed E-state index contributed by atoms with van der Waals surface area (Å²) in [6, 6.07) is 16.9. The summed E-state index contributed by atoms with van der Waals surface area (Å²) in [4.78, 5) is 24.8. The topological polar surface area (TPSA) is 58.2 Å². The van der Waals surface area contributed by atoms with Crippen molar-refractivity contribution in [1.82, 2.24) is 0 Å². The van der Waals surface area contributed by atoms with E-state index in [4.69, 9.17) is 0 Å². The lowest BCUT2D eigenvalue weighted by Crippen LogP contribution is -2.34. The summed E-state index contributed by atoms with van der Waals surface area (Å²) in [6.45, 7) is 9.36. The molecule has 0 aliphatic rings. The van der Waals surface area contributed by atoms with Crippen LogP contribution in [-0.2, 0) is 15.0 Å². The molecule has 0 fully saturated rings. The Labute approximate surface area is 149 Å². The highest BCUT2D eigenvalue weighted by Gasteiger charge is 2.29. The molecule has 2 N–H and O–H groups in total. The maximum Gasteiger partial charge on any atom is 0.234 e. The first-order valence-corrected chi connectivity index (χ1v) is 8.39. The number of anilines is 2. The van der Waals surface area contributed by atoms with Gasteiger partial charge in [-0.25, -0.2) is 0 Å². The molecule has 0 unspecified atom stereocenters. The maximum atomic E-state index is 12.7. The van der Waals surface area contributed by atoms with Gasteiger partial charge in [0.05, 0.1) is 5.41 Å². The summed E-state index contributed by atoms with van der Waals surface area (Å²) in [5.41, 5.74) is 1.13. The van der Waals surface area contributed by atoms with E-state index in [9.17, 15) is 9.59 Å². The van der Waals surface area contributed by atoms with Crippen LogP contribution in [0, 0.1) is 5.41 Å². The van der Waals surface area contributed by atoms with Crippen molar-refractivity contribution < 1.29 is 9.59 Å². The van der Waals surface area contributed by atoms with Gasteiger partial charge in [0, 0.05) is 16.8 Å². The second-order valence-electron chi connectivity index (χ2n) is 7.73. The molecule has 25 heavy (non-hydrogen) atoms. The average molecular weight is 338 g/mol. The van der Waals surface area contributed by atoms with Crippen molar-refractivity contribution in [3.05, 3.63) is 60.2 Å². The molecule has 4 heteroatoms. The molecule has 2 aromatic carbocycles. The molecule has 2 aromatic rings. The van der Waals surface area contributed by atoms with Crippen molar-refractivity contribution in [1.29, 1.82) is 0 Å². The molecule has 0 aromatic heterocycles. The van der Waals surface area contributed by atoms with Gasteiger partial charge in [0.15, 0.2) is 0 Å². The van der Waals surface area contributed by atoms with Gasteiger partial charge >= 0.3 is 0 Å². The Morgan fingerprint density at radius 1 is 0.720 bits per heavy atom. The first-order valence-electron chi connectivity index (χ1n) is 8.39. The molecule has 0 radical (unpaired) electrons. The molecule has 132 valence electrons. The minimum atomic E-state index is -0.661. The van der Waals surface area contributed by atoms with Crippen LogP contribution in [0.3, 0.4) is 0 Å². The van der Waals surface area contributed by atoms with E-state index < -0.39 is 10.8 Å². The predicted molar refractivity (Wildman–Crippen MR) is 103 cm³/mol. The van der Waals surface area contributed by atoms with Crippen LogP contribution in [0.25, 0.3) is 0 Å². The quantitative estimate of drug-likeness (QED) is 0.857. The Hall–Kier alpha value is -2.62. The lowest BCUT2D eigenvalue weighted by molar-refractivity contribution is -0.123. The summed E-state index contributed by atoms with van der Waals surface area (Å²) in [6.07, 6.45) is 0. The van der Waals surface area contributed by atoms with Gasteiger partial charge in [0.2, 0.25) is 11.8 Å². The van der Waals surface area contributed by atoms with Gasteiger partial charge in [0.1, 0.15) is 0 Å². The first kappa shape index (κ1) is 18.7. The summed E-state index contributed by atoms with van der Waals surface area (Å²) in [5.74, 6) is -0.168. The third-order valence-electron chi connectivity index (χ3n) is 4.12. The van der Waals surface area contributed by atoms with Crippen molar-refractivity contribution in [3.8, 4) is 0 Å². The monoisotopic (exact) mass is 338 g/mol. The molecule has 4 nitrogen and oxygen atoms in total. The van der Waals surface area contributed by atoms with E-state index in [2.05, 4.69) is 10.6 Å². The molecule has 0 saturated heterocycles. The molecule has 2 rings (SSSR count). The summed E-state index contributed by atoms with van der Waals surface area (Å²) >= 11 is 0. The van der Waals surface area contributed by atoms with Crippen LogP contribution in [-0.4, -0.2) is 11.8 Å². The Morgan fingerprint density at radius 2 is 1.24 bits per heavy atom. The van der Waals surface area contributed by atoms with Crippen molar-refractivity contribution in [2.45, 2.75) is 40.0 Å². The second kappa shape index (κ2) is 7.09. The van der Waals surface area contributed by atoms with Crippen LogP contribution in [0.5, 0.6) is 0 Å². The molecule has 0 spiro atoms. The van der Waals surface area contributed by atoms with E-state index in [0.717, 1.165) is 5.56 Å². The number of rotatable bonds is 4. The smallest absolute Gasteiger partial charge is 0.234 e. The van der Waals surface area contributed by atoms with E-state index in [1.807, 2.05) is 83.1 Å². The molecule has 2 amide bonds. The molecule has 0 saturated carbocycles. The fourth-order valence-electron chi connectivity index (χ4n) is 2.27. The van der Waals surface area contributed by atoms with Crippen molar-refractivity contribution in [2.75, 3.05) is 10.6 Å². The highest BCUT2D eigenvalue weighted by molar-refractivity contribution is 6.00. The minimum Gasteiger partial charge on any atom is -0.326 e. The number of hydrogen-bond acceptors (Lipinski definition) is 2. The number of benzene rings is 2. The molecule has 0 aliphatic carbocycles. The average Bonchev–Trinajstić information content (AvgIpc) is 2.55. The highest BCUT2D eigenvalue weighted by atomic mass is 16.2. The SMILES string of the molecule is CC(C)(C)C(=O)Nc1cccc(NC(=O)C(C)(C)c2ccccc2)c1. The fraction of sp³-hybridized carbons (Fsp3) is 0.333. The second-order valence-corrected chi connectivity index (χ2v) is 7.73. The third kappa shape index (κ3) is 4.69. The van der Waals surface area contributed by atoms with Crippen LogP contribution in [0.2, 0.25) is 0 Å². The van der Waals surface area contributed by atoms with Crippen molar-refractivity contribution in [2.24, 2.45) is 5.41 Å². The standard InChI is InChI=1S/C21H26N2O2/c1-20(2,3)18(24)22-16-12-9-13-17(14-16)23-19(25)21(4,5)15-10-7-6-8-11-15/h6-14H,1-5H3,(H,22,24)(H,23,25). The summed E-state index contributed by atoms with van der Waals surface area (Å²) in [7, 11) is 0. The van der Waals surface area contributed by atoms with E-state index in [1.165, 1.54) is 0 Å². The van der Waals surface area contributed by atoms with Gasteiger partial charge in [-0.05, 0) is 37.6 Å². The number of nitrogens with one attached hydrogen (secondary N) is 2. The van der Waals surface area contributed by atoms with Crippen molar-refractivity contribution >= 4 is 23.2 Å². The van der Waals surface area contributed by atoms with Gasteiger partial charge in [-0.2, -0.15) is 0 Å². The van der Waals surface area contributed by atoms with Gasteiger partial charge < -0.3 is 10.6 Å². The molecule has 0 aliphatic heterocycles. The van der Waals surface area contributed by atoms with Crippen LogP contribution >= 0.6 is 0 Å². The van der Waals surface area contributed by atoms with E-state index in [1.54, 1.807) is 6.07 Å². The van der Waals surface area contributed by atoms with Crippen LogP contribution in [0.15, 0.2) is 54.6 Å².